The van der Waals surface area contributed by atoms with E-state index in [2.05, 4.69) is 37.2 Å². The molecular formula is C10H15NS. The Morgan fingerprint density at radius 3 is 2.67 bits per heavy atom. The maximum Gasteiger partial charge on any atom is 0.0622 e. The molecule has 1 N–H and O–H groups in total. The average Bonchev–Trinajstić information content (AvgIpc) is 2.37. The van der Waals surface area contributed by atoms with Crippen molar-refractivity contribution in [3.05, 3.63) is 34.0 Å². The summed E-state index contributed by atoms with van der Waals surface area (Å²) in [5.74, 6) is 0. The molecule has 0 radical (unpaired) electrons. The molecule has 1 unspecified atom stereocenters. The van der Waals surface area contributed by atoms with Crippen LogP contribution in [0.25, 0.3) is 0 Å². The van der Waals surface area contributed by atoms with E-state index < -0.39 is 0 Å². The SMILES string of the molecule is C=C(C)C(NC)c1cc(C)cs1. The molecule has 0 saturated heterocycles. The van der Waals surface area contributed by atoms with Crippen molar-refractivity contribution in [3.8, 4) is 0 Å². The van der Waals surface area contributed by atoms with Gasteiger partial charge >= 0.3 is 0 Å². The Bertz CT molecular complexity index is 275. The van der Waals surface area contributed by atoms with Crippen LogP contribution in [0.4, 0.5) is 0 Å². The molecule has 1 aromatic heterocycles. The van der Waals surface area contributed by atoms with Crippen molar-refractivity contribution in [3.63, 3.8) is 0 Å². The lowest BCUT2D eigenvalue weighted by atomic mass is 10.1. The first-order chi connectivity index (χ1) is 5.65. The molecule has 0 aromatic carbocycles. The summed E-state index contributed by atoms with van der Waals surface area (Å²) in [5.41, 5.74) is 2.50. The third kappa shape index (κ3) is 1.96. The van der Waals surface area contributed by atoms with Gasteiger partial charge in [0, 0.05) is 4.88 Å². The number of thiophene rings is 1. The maximum absolute atomic E-state index is 3.96. The van der Waals surface area contributed by atoms with Gasteiger partial charge in [0.1, 0.15) is 0 Å². The van der Waals surface area contributed by atoms with Gasteiger partial charge in [-0.05, 0) is 37.9 Å². The lowest BCUT2D eigenvalue weighted by molar-refractivity contribution is 0.691. The van der Waals surface area contributed by atoms with Gasteiger partial charge in [0.15, 0.2) is 0 Å². The fourth-order valence-electron chi connectivity index (χ4n) is 1.24. The van der Waals surface area contributed by atoms with E-state index in [0.29, 0.717) is 6.04 Å². The van der Waals surface area contributed by atoms with Crippen molar-refractivity contribution in [1.29, 1.82) is 0 Å². The summed E-state index contributed by atoms with van der Waals surface area (Å²) < 4.78 is 0. The highest BCUT2D eigenvalue weighted by Gasteiger charge is 2.10. The lowest BCUT2D eigenvalue weighted by Gasteiger charge is -2.13. The molecule has 1 rings (SSSR count). The van der Waals surface area contributed by atoms with Gasteiger partial charge in [0.25, 0.3) is 0 Å². The fraction of sp³-hybridized carbons (Fsp3) is 0.400. The fourth-order valence-corrected chi connectivity index (χ4v) is 2.34. The van der Waals surface area contributed by atoms with Crippen LogP contribution in [0.5, 0.6) is 0 Å². The predicted molar refractivity (Wildman–Crippen MR) is 55.7 cm³/mol. The molecule has 2 heteroatoms. The van der Waals surface area contributed by atoms with E-state index in [1.807, 2.05) is 7.05 Å². The molecule has 0 aliphatic carbocycles. The zero-order chi connectivity index (χ0) is 9.14. The van der Waals surface area contributed by atoms with Crippen molar-refractivity contribution in [2.24, 2.45) is 0 Å². The molecule has 0 bridgehead atoms. The van der Waals surface area contributed by atoms with Crippen molar-refractivity contribution < 1.29 is 0 Å². The van der Waals surface area contributed by atoms with Crippen molar-refractivity contribution in [2.45, 2.75) is 19.9 Å². The van der Waals surface area contributed by atoms with Crippen LogP contribution in [-0.2, 0) is 0 Å². The molecule has 0 spiro atoms. The number of nitrogens with one attached hydrogen (secondary N) is 1. The van der Waals surface area contributed by atoms with Crippen LogP contribution < -0.4 is 5.32 Å². The number of aryl methyl sites for hydroxylation is 1. The van der Waals surface area contributed by atoms with Gasteiger partial charge in [-0.25, -0.2) is 0 Å². The third-order valence-electron chi connectivity index (χ3n) is 1.82. The zero-order valence-electron chi connectivity index (χ0n) is 7.85. The maximum atomic E-state index is 3.96. The van der Waals surface area contributed by atoms with Gasteiger partial charge in [-0.15, -0.1) is 11.3 Å². The van der Waals surface area contributed by atoms with E-state index in [1.54, 1.807) is 11.3 Å². The summed E-state index contributed by atoms with van der Waals surface area (Å²) in [6.07, 6.45) is 0. The molecule has 1 heterocycles. The van der Waals surface area contributed by atoms with Gasteiger partial charge in [0.05, 0.1) is 6.04 Å². The van der Waals surface area contributed by atoms with E-state index in [9.17, 15) is 0 Å². The van der Waals surface area contributed by atoms with Crippen LogP contribution in [0.1, 0.15) is 23.4 Å². The smallest absolute Gasteiger partial charge is 0.0622 e. The zero-order valence-corrected chi connectivity index (χ0v) is 8.66. The molecule has 1 nitrogen and oxygen atoms in total. The molecule has 12 heavy (non-hydrogen) atoms. The van der Waals surface area contributed by atoms with Gasteiger partial charge in [-0.1, -0.05) is 12.2 Å². The summed E-state index contributed by atoms with van der Waals surface area (Å²) in [5, 5.41) is 5.41. The second-order valence-electron chi connectivity index (χ2n) is 3.09. The Morgan fingerprint density at radius 2 is 2.33 bits per heavy atom. The van der Waals surface area contributed by atoms with Crippen LogP contribution in [0.3, 0.4) is 0 Å². The minimum absolute atomic E-state index is 0.323. The summed E-state index contributed by atoms with van der Waals surface area (Å²) in [7, 11) is 1.97. The molecule has 0 amide bonds. The van der Waals surface area contributed by atoms with Crippen LogP contribution >= 0.6 is 11.3 Å². The van der Waals surface area contributed by atoms with E-state index in [0.717, 1.165) is 0 Å². The number of rotatable bonds is 3. The lowest BCUT2D eigenvalue weighted by Crippen LogP contribution is -2.15. The number of hydrogen-bond acceptors (Lipinski definition) is 2. The molecule has 0 aliphatic rings. The standard InChI is InChI=1S/C10H15NS/c1-7(2)10(11-4)9-5-8(3)6-12-9/h5-6,10-11H,1H2,2-4H3. The monoisotopic (exact) mass is 181 g/mol. The Hall–Kier alpha value is -0.600. The molecule has 1 aromatic rings. The number of hydrogen-bond donors (Lipinski definition) is 1. The predicted octanol–water partition coefficient (Wildman–Crippen LogP) is 2.89. The first-order valence-electron chi connectivity index (χ1n) is 4.03. The quantitative estimate of drug-likeness (QED) is 0.707. The minimum Gasteiger partial charge on any atom is -0.309 e. The summed E-state index contributed by atoms with van der Waals surface area (Å²) in [6.45, 7) is 8.12. The summed E-state index contributed by atoms with van der Waals surface area (Å²) in [6, 6.07) is 2.53. The first kappa shape index (κ1) is 9.49. The van der Waals surface area contributed by atoms with Crippen molar-refractivity contribution in [1.82, 2.24) is 5.32 Å². The minimum atomic E-state index is 0.323. The molecule has 0 saturated carbocycles. The van der Waals surface area contributed by atoms with Crippen LogP contribution in [0, 0.1) is 6.92 Å². The third-order valence-corrected chi connectivity index (χ3v) is 2.93. The van der Waals surface area contributed by atoms with E-state index in [4.69, 9.17) is 0 Å². The summed E-state index contributed by atoms with van der Waals surface area (Å²) >= 11 is 1.79. The normalized spacial score (nSPS) is 12.9. The van der Waals surface area contributed by atoms with Gasteiger partial charge in [-0.2, -0.15) is 0 Å². The Kier molecular flexibility index (Phi) is 3.06. The van der Waals surface area contributed by atoms with E-state index in [-0.39, 0.29) is 0 Å². The van der Waals surface area contributed by atoms with Gasteiger partial charge in [0.2, 0.25) is 0 Å². The first-order valence-corrected chi connectivity index (χ1v) is 4.91. The second-order valence-corrected chi connectivity index (χ2v) is 4.04. The van der Waals surface area contributed by atoms with E-state index in [1.165, 1.54) is 16.0 Å². The molecular weight excluding hydrogens is 166 g/mol. The molecule has 66 valence electrons. The highest BCUT2D eigenvalue weighted by atomic mass is 32.1. The largest absolute Gasteiger partial charge is 0.309 e. The van der Waals surface area contributed by atoms with E-state index >= 15 is 0 Å². The molecule has 1 atom stereocenters. The highest BCUT2D eigenvalue weighted by Crippen LogP contribution is 2.25. The molecule has 0 fully saturated rings. The van der Waals surface area contributed by atoms with Crippen molar-refractivity contribution in [2.75, 3.05) is 7.05 Å². The summed E-state index contributed by atoms with van der Waals surface area (Å²) in [4.78, 5) is 1.35. The van der Waals surface area contributed by atoms with Gasteiger partial charge in [-0.3, -0.25) is 0 Å². The molecule has 0 aliphatic heterocycles. The average molecular weight is 181 g/mol. The Morgan fingerprint density at radius 1 is 1.67 bits per heavy atom. The van der Waals surface area contributed by atoms with Crippen LogP contribution in [0.15, 0.2) is 23.6 Å². The van der Waals surface area contributed by atoms with Crippen LogP contribution in [0.2, 0.25) is 0 Å². The number of likely N-dealkylation sites (N-methyl/N-ethyl adjacent to an activating group) is 1. The second kappa shape index (κ2) is 3.87. The van der Waals surface area contributed by atoms with Crippen LogP contribution in [-0.4, -0.2) is 7.05 Å². The Balaban J connectivity index is 2.87. The van der Waals surface area contributed by atoms with Gasteiger partial charge < -0.3 is 5.32 Å². The topological polar surface area (TPSA) is 12.0 Å². The van der Waals surface area contributed by atoms with Crippen molar-refractivity contribution >= 4 is 11.3 Å². The Labute approximate surface area is 78.1 Å². The highest BCUT2D eigenvalue weighted by molar-refractivity contribution is 7.10.